The molecule has 0 bridgehead atoms. The van der Waals surface area contributed by atoms with Crippen LogP contribution in [0.25, 0.3) is 0 Å². The number of hydrogen-bond acceptors (Lipinski definition) is 2. The molecule has 3 nitrogen and oxygen atoms in total. The summed E-state index contributed by atoms with van der Waals surface area (Å²) in [6.07, 6.45) is 1.55. The third kappa shape index (κ3) is 3.03. The van der Waals surface area contributed by atoms with Gasteiger partial charge in [-0.05, 0) is 30.9 Å². The predicted molar refractivity (Wildman–Crippen MR) is 96.1 cm³/mol. The van der Waals surface area contributed by atoms with Gasteiger partial charge in [-0.2, -0.15) is 0 Å². The first-order valence-corrected chi connectivity index (χ1v) is 8.72. The lowest BCUT2D eigenvalue weighted by Crippen LogP contribution is -2.37. The van der Waals surface area contributed by atoms with Gasteiger partial charge in [0.05, 0.1) is 6.61 Å². The average molecular weight is 323 g/mol. The number of benzene rings is 2. The fraction of sp³-hybridized carbons (Fsp3) is 0.381. The molecule has 1 heterocycles. The van der Waals surface area contributed by atoms with E-state index in [1.165, 1.54) is 11.1 Å². The topological polar surface area (TPSA) is 29.5 Å². The van der Waals surface area contributed by atoms with Crippen LogP contribution in [0, 0.1) is 0 Å². The average Bonchev–Trinajstić information content (AvgIpc) is 3.00. The molecule has 1 amide bonds. The van der Waals surface area contributed by atoms with Crippen LogP contribution in [0.3, 0.4) is 0 Å². The van der Waals surface area contributed by atoms with Crippen LogP contribution in [-0.2, 0) is 10.2 Å². The SMILES string of the molecule is CCCOC(=O)N1CC(c2ccccc2)(c2ccccc2)CC1C. The summed E-state index contributed by atoms with van der Waals surface area (Å²) in [7, 11) is 0. The van der Waals surface area contributed by atoms with Crippen molar-refractivity contribution in [1.29, 1.82) is 0 Å². The van der Waals surface area contributed by atoms with Crippen LogP contribution in [0.4, 0.5) is 4.79 Å². The molecule has 24 heavy (non-hydrogen) atoms. The normalized spacial score (nSPS) is 19.2. The van der Waals surface area contributed by atoms with E-state index in [-0.39, 0.29) is 17.6 Å². The minimum absolute atomic E-state index is 0.148. The molecular weight excluding hydrogens is 298 g/mol. The number of likely N-dealkylation sites (tertiary alicyclic amines) is 1. The summed E-state index contributed by atoms with van der Waals surface area (Å²) < 4.78 is 5.40. The third-order valence-electron chi connectivity index (χ3n) is 4.93. The molecule has 1 saturated heterocycles. The monoisotopic (exact) mass is 323 g/mol. The Morgan fingerprint density at radius 1 is 1.08 bits per heavy atom. The molecule has 0 spiro atoms. The number of rotatable bonds is 4. The lowest BCUT2D eigenvalue weighted by Gasteiger charge is -2.30. The van der Waals surface area contributed by atoms with Gasteiger partial charge >= 0.3 is 6.09 Å². The van der Waals surface area contributed by atoms with Gasteiger partial charge in [0.25, 0.3) is 0 Å². The zero-order valence-corrected chi connectivity index (χ0v) is 14.4. The van der Waals surface area contributed by atoms with E-state index < -0.39 is 0 Å². The van der Waals surface area contributed by atoms with Gasteiger partial charge in [0.2, 0.25) is 0 Å². The van der Waals surface area contributed by atoms with Gasteiger partial charge < -0.3 is 9.64 Å². The molecule has 0 aromatic heterocycles. The lowest BCUT2D eigenvalue weighted by molar-refractivity contribution is 0.0995. The Bertz CT molecular complexity index is 629. The van der Waals surface area contributed by atoms with Crippen LogP contribution in [-0.4, -0.2) is 30.2 Å². The van der Waals surface area contributed by atoms with Crippen LogP contribution in [0.2, 0.25) is 0 Å². The molecular formula is C21H25NO2. The Hall–Kier alpha value is -2.29. The number of carbonyl (C=O) groups is 1. The van der Waals surface area contributed by atoms with E-state index >= 15 is 0 Å². The minimum atomic E-state index is -0.196. The molecule has 1 unspecified atom stereocenters. The van der Waals surface area contributed by atoms with E-state index in [1.807, 2.05) is 24.0 Å². The summed E-state index contributed by atoms with van der Waals surface area (Å²) >= 11 is 0. The van der Waals surface area contributed by atoms with Crippen LogP contribution >= 0.6 is 0 Å². The number of amides is 1. The molecule has 3 heteroatoms. The molecule has 0 aliphatic carbocycles. The second-order valence-electron chi connectivity index (χ2n) is 6.61. The molecule has 0 N–H and O–H groups in total. The molecule has 0 radical (unpaired) electrons. The molecule has 1 aliphatic rings. The summed E-state index contributed by atoms with van der Waals surface area (Å²) in [5.41, 5.74) is 2.34. The van der Waals surface area contributed by atoms with E-state index in [9.17, 15) is 4.79 Å². The van der Waals surface area contributed by atoms with E-state index in [0.717, 1.165) is 12.8 Å². The van der Waals surface area contributed by atoms with E-state index in [1.54, 1.807) is 0 Å². The van der Waals surface area contributed by atoms with Crippen LogP contribution < -0.4 is 0 Å². The Morgan fingerprint density at radius 3 is 2.12 bits per heavy atom. The molecule has 0 saturated carbocycles. The summed E-state index contributed by atoms with van der Waals surface area (Å²) in [5.74, 6) is 0. The summed E-state index contributed by atoms with van der Waals surface area (Å²) in [6, 6.07) is 21.2. The maximum absolute atomic E-state index is 12.5. The van der Waals surface area contributed by atoms with Crippen molar-refractivity contribution in [3.05, 3.63) is 71.8 Å². The van der Waals surface area contributed by atoms with Crippen molar-refractivity contribution in [3.63, 3.8) is 0 Å². The molecule has 1 atom stereocenters. The zero-order valence-electron chi connectivity index (χ0n) is 14.4. The zero-order chi connectivity index (χ0) is 17.0. The quantitative estimate of drug-likeness (QED) is 0.822. The van der Waals surface area contributed by atoms with Gasteiger partial charge in [-0.25, -0.2) is 4.79 Å². The van der Waals surface area contributed by atoms with E-state index in [4.69, 9.17) is 4.74 Å². The van der Waals surface area contributed by atoms with Gasteiger partial charge in [0.15, 0.2) is 0 Å². The highest BCUT2D eigenvalue weighted by Crippen LogP contribution is 2.43. The Kier molecular flexibility index (Phi) is 4.89. The van der Waals surface area contributed by atoms with Crippen molar-refractivity contribution in [2.75, 3.05) is 13.2 Å². The standard InChI is InChI=1S/C21H25NO2/c1-3-14-24-20(23)22-16-21(15-17(22)2,18-10-6-4-7-11-18)19-12-8-5-9-13-19/h4-13,17H,3,14-16H2,1-2H3. The first-order valence-electron chi connectivity index (χ1n) is 8.72. The Balaban J connectivity index is 1.98. The minimum Gasteiger partial charge on any atom is -0.449 e. The fourth-order valence-corrected chi connectivity index (χ4v) is 3.74. The van der Waals surface area contributed by atoms with Crippen LogP contribution in [0.15, 0.2) is 60.7 Å². The largest absolute Gasteiger partial charge is 0.449 e. The van der Waals surface area contributed by atoms with Crippen molar-refractivity contribution in [1.82, 2.24) is 4.90 Å². The number of carbonyl (C=O) groups excluding carboxylic acids is 1. The molecule has 126 valence electrons. The van der Waals surface area contributed by atoms with Crippen molar-refractivity contribution in [3.8, 4) is 0 Å². The number of nitrogens with zero attached hydrogens (tertiary/aromatic N) is 1. The van der Waals surface area contributed by atoms with E-state index in [0.29, 0.717) is 13.2 Å². The fourth-order valence-electron chi connectivity index (χ4n) is 3.74. The van der Waals surface area contributed by atoms with Crippen molar-refractivity contribution >= 4 is 6.09 Å². The molecule has 2 aromatic rings. The maximum atomic E-state index is 12.5. The lowest BCUT2D eigenvalue weighted by atomic mass is 9.73. The predicted octanol–water partition coefficient (Wildman–Crippen LogP) is 4.61. The first kappa shape index (κ1) is 16.6. The molecule has 3 rings (SSSR count). The highest BCUT2D eigenvalue weighted by molar-refractivity contribution is 5.69. The second-order valence-corrected chi connectivity index (χ2v) is 6.61. The Labute approximate surface area is 144 Å². The third-order valence-corrected chi connectivity index (χ3v) is 4.93. The first-order chi connectivity index (χ1) is 11.7. The van der Waals surface area contributed by atoms with Gasteiger partial charge in [0, 0.05) is 18.0 Å². The van der Waals surface area contributed by atoms with Crippen molar-refractivity contribution < 1.29 is 9.53 Å². The Morgan fingerprint density at radius 2 is 1.62 bits per heavy atom. The summed E-state index contributed by atoms with van der Waals surface area (Å²) in [6.45, 7) is 5.26. The molecule has 1 aliphatic heterocycles. The summed E-state index contributed by atoms with van der Waals surface area (Å²) in [4.78, 5) is 14.4. The van der Waals surface area contributed by atoms with Crippen LogP contribution in [0.5, 0.6) is 0 Å². The van der Waals surface area contributed by atoms with Crippen molar-refractivity contribution in [2.45, 2.75) is 38.1 Å². The number of hydrogen-bond donors (Lipinski definition) is 0. The highest BCUT2D eigenvalue weighted by atomic mass is 16.6. The van der Waals surface area contributed by atoms with Gasteiger partial charge in [-0.1, -0.05) is 67.6 Å². The van der Waals surface area contributed by atoms with Crippen molar-refractivity contribution in [2.24, 2.45) is 0 Å². The van der Waals surface area contributed by atoms with E-state index in [2.05, 4.69) is 55.5 Å². The highest BCUT2D eigenvalue weighted by Gasteiger charge is 2.46. The second kappa shape index (κ2) is 7.08. The van der Waals surface area contributed by atoms with Gasteiger partial charge in [-0.15, -0.1) is 0 Å². The smallest absolute Gasteiger partial charge is 0.410 e. The molecule has 1 fully saturated rings. The summed E-state index contributed by atoms with van der Waals surface area (Å²) in [5, 5.41) is 0. The number of ether oxygens (including phenoxy) is 1. The molecule has 2 aromatic carbocycles. The maximum Gasteiger partial charge on any atom is 0.410 e. The van der Waals surface area contributed by atoms with Crippen LogP contribution in [0.1, 0.15) is 37.8 Å². The van der Waals surface area contributed by atoms with Gasteiger partial charge in [0.1, 0.15) is 0 Å². The van der Waals surface area contributed by atoms with Gasteiger partial charge in [-0.3, -0.25) is 0 Å².